The van der Waals surface area contributed by atoms with Gasteiger partial charge in [-0.15, -0.1) is 0 Å². The van der Waals surface area contributed by atoms with Crippen LogP contribution in [0.25, 0.3) is 11.1 Å². The first kappa shape index (κ1) is 36.5. The third-order valence-electron chi connectivity index (χ3n) is 11.7. The highest BCUT2D eigenvalue weighted by molar-refractivity contribution is 5.70. The van der Waals surface area contributed by atoms with E-state index in [0.717, 1.165) is 69.2 Å². The van der Waals surface area contributed by atoms with Gasteiger partial charge in [0.15, 0.2) is 0 Å². The van der Waals surface area contributed by atoms with Gasteiger partial charge in [0.1, 0.15) is 0 Å². The Hall–Kier alpha value is -2.73. The summed E-state index contributed by atoms with van der Waals surface area (Å²) in [4.78, 5) is 18.1. The van der Waals surface area contributed by atoms with Gasteiger partial charge in [0, 0.05) is 68.7 Å². The number of nitrogens with zero attached hydrogens (tertiary/aromatic N) is 3. The minimum Gasteiger partial charge on any atom is -0.318 e. The molecule has 1 N–H and O–H groups in total. The molecule has 262 valence electrons. The lowest BCUT2D eigenvalue weighted by Gasteiger charge is -2.43. The third-order valence-corrected chi connectivity index (χ3v) is 11.7. The van der Waals surface area contributed by atoms with Crippen molar-refractivity contribution < 1.29 is 0 Å². The Bertz CT molecular complexity index is 1630. The lowest BCUT2D eigenvalue weighted by Crippen LogP contribution is -2.54. The van der Waals surface area contributed by atoms with E-state index in [4.69, 9.17) is 0 Å². The van der Waals surface area contributed by atoms with E-state index in [1.54, 1.807) is 4.57 Å². The van der Waals surface area contributed by atoms with Crippen LogP contribution >= 0.6 is 0 Å². The summed E-state index contributed by atoms with van der Waals surface area (Å²) >= 11 is 0. The first-order valence-corrected chi connectivity index (χ1v) is 19.1. The fourth-order valence-electron chi connectivity index (χ4n) is 7.75. The summed E-state index contributed by atoms with van der Waals surface area (Å²) in [5.41, 5.74) is 13.6. The number of nitrogens with one attached hydrogen (secondary N) is 1. The molecule has 0 radical (unpaired) electrons. The van der Waals surface area contributed by atoms with Crippen LogP contribution in [-0.2, 0) is 26.6 Å². The molecule has 2 aromatic carbocycles. The first-order chi connectivity index (χ1) is 23.0. The van der Waals surface area contributed by atoms with Gasteiger partial charge in [-0.05, 0) is 116 Å². The highest BCUT2D eigenvalue weighted by Gasteiger charge is 2.51. The molecular formula is C43H64N4O. The monoisotopic (exact) mass is 653 g/mol. The molecule has 1 spiro atoms. The molecule has 2 atom stereocenters. The van der Waals surface area contributed by atoms with E-state index in [9.17, 15) is 4.79 Å². The van der Waals surface area contributed by atoms with Crippen molar-refractivity contribution in [2.75, 3.05) is 26.2 Å². The van der Waals surface area contributed by atoms with Crippen LogP contribution in [0.5, 0.6) is 0 Å². The van der Waals surface area contributed by atoms with E-state index in [0.29, 0.717) is 17.5 Å². The normalized spacial score (nSPS) is 20.7. The molecule has 1 aromatic heterocycles. The van der Waals surface area contributed by atoms with Crippen molar-refractivity contribution in [1.82, 2.24) is 19.7 Å². The van der Waals surface area contributed by atoms with Crippen LogP contribution in [0, 0.1) is 26.7 Å². The molecule has 2 saturated carbocycles. The summed E-state index contributed by atoms with van der Waals surface area (Å²) < 4.78 is 1.74. The van der Waals surface area contributed by atoms with E-state index in [2.05, 4.69) is 87.0 Å². The molecule has 5 heteroatoms. The number of rotatable bonds is 7. The van der Waals surface area contributed by atoms with Gasteiger partial charge in [0.05, 0.1) is 0 Å². The smallest absolute Gasteiger partial charge is 0.253 e. The van der Waals surface area contributed by atoms with E-state index in [-0.39, 0.29) is 5.56 Å². The van der Waals surface area contributed by atoms with E-state index in [1.165, 1.54) is 70.2 Å². The largest absolute Gasteiger partial charge is 0.318 e. The average molecular weight is 653 g/mol. The van der Waals surface area contributed by atoms with Crippen molar-refractivity contribution in [2.45, 2.75) is 131 Å². The SMILES string of the molecule is CC.CC1CC1.CCC(C)c1cc(-c2cn(C)c(=O)c(C)c2C)cc(C)c1CN1CCN(Cc2ccc3c(c2)C(C)NCC3)C2(CC2)C1. The predicted molar refractivity (Wildman–Crippen MR) is 204 cm³/mol. The fourth-order valence-corrected chi connectivity index (χ4v) is 7.75. The van der Waals surface area contributed by atoms with Crippen LogP contribution < -0.4 is 10.9 Å². The van der Waals surface area contributed by atoms with Crippen molar-refractivity contribution in [3.63, 3.8) is 0 Å². The predicted octanol–water partition coefficient (Wildman–Crippen LogP) is 8.99. The van der Waals surface area contributed by atoms with Gasteiger partial charge in [-0.2, -0.15) is 0 Å². The van der Waals surface area contributed by atoms with Crippen molar-refractivity contribution in [1.29, 1.82) is 0 Å². The molecule has 4 aliphatic rings. The standard InChI is InChI=1S/C37H50N4O.C4H8.C2H6/c1-8-24(2)32-19-31(35-21-39(7)36(42)27(5)26(35)4)17-25(3)34(32)22-40-15-16-41(37(23-40)12-13-37)20-29-9-10-30-11-14-38-28(6)33(30)18-29;1-4-2-3-4;1-2/h9-10,17-19,21,24,28,38H,8,11-16,20,22-23H2,1-7H3;4H,2-3H2,1H3;1-2H3. The molecular weight excluding hydrogens is 589 g/mol. The molecule has 2 aliphatic carbocycles. The van der Waals surface area contributed by atoms with E-state index >= 15 is 0 Å². The maximum Gasteiger partial charge on any atom is 0.253 e. The third kappa shape index (κ3) is 8.01. The highest BCUT2D eigenvalue weighted by atomic mass is 16.1. The Kier molecular flexibility index (Phi) is 11.8. The Morgan fingerprint density at radius 3 is 2.33 bits per heavy atom. The van der Waals surface area contributed by atoms with E-state index in [1.807, 2.05) is 34.0 Å². The van der Waals surface area contributed by atoms with Crippen LogP contribution in [0.15, 0.2) is 41.3 Å². The second-order valence-corrected chi connectivity index (χ2v) is 15.4. The summed E-state index contributed by atoms with van der Waals surface area (Å²) in [6.45, 7) is 26.2. The van der Waals surface area contributed by atoms with Crippen molar-refractivity contribution in [3.05, 3.63) is 91.4 Å². The topological polar surface area (TPSA) is 40.5 Å². The van der Waals surface area contributed by atoms with Crippen LogP contribution in [0.2, 0.25) is 0 Å². The second-order valence-electron chi connectivity index (χ2n) is 15.4. The molecule has 7 rings (SSSR count). The van der Waals surface area contributed by atoms with Gasteiger partial charge in [0.25, 0.3) is 5.56 Å². The van der Waals surface area contributed by atoms with Gasteiger partial charge >= 0.3 is 0 Å². The molecule has 1 saturated heterocycles. The maximum absolute atomic E-state index is 12.5. The minimum atomic E-state index is 0.0954. The summed E-state index contributed by atoms with van der Waals surface area (Å²) in [7, 11) is 1.87. The zero-order valence-electron chi connectivity index (χ0n) is 31.9. The summed E-state index contributed by atoms with van der Waals surface area (Å²) in [6, 6.07) is 12.5. The van der Waals surface area contributed by atoms with Gasteiger partial charge in [-0.1, -0.05) is 77.8 Å². The quantitative estimate of drug-likeness (QED) is 0.277. The van der Waals surface area contributed by atoms with Crippen molar-refractivity contribution in [2.24, 2.45) is 13.0 Å². The minimum absolute atomic E-state index is 0.0954. The number of hydrogen-bond acceptors (Lipinski definition) is 4. The van der Waals surface area contributed by atoms with Gasteiger partial charge < -0.3 is 9.88 Å². The average Bonchev–Trinajstić information content (AvgIpc) is 4.04. The summed E-state index contributed by atoms with van der Waals surface area (Å²) in [6.07, 6.45) is 9.89. The molecule has 0 amide bonds. The Balaban J connectivity index is 0.000000689. The van der Waals surface area contributed by atoms with Crippen LogP contribution in [0.4, 0.5) is 0 Å². The van der Waals surface area contributed by atoms with Crippen LogP contribution in [-0.4, -0.2) is 46.1 Å². The molecule has 2 aliphatic heterocycles. The highest BCUT2D eigenvalue weighted by Crippen LogP contribution is 2.46. The molecule has 3 aromatic rings. The fraction of sp³-hybridized carbons (Fsp3) is 0.605. The van der Waals surface area contributed by atoms with Crippen LogP contribution in [0.3, 0.4) is 0 Å². The molecule has 48 heavy (non-hydrogen) atoms. The molecule has 0 bridgehead atoms. The number of aromatic nitrogens is 1. The van der Waals surface area contributed by atoms with Crippen LogP contribution in [0.1, 0.15) is 130 Å². The Morgan fingerprint density at radius 2 is 1.69 bits per heavy atom. The zero-order valence-corrected chi connectivity index (χ0v) is 31.9. The zero-order chi connectivity index (χ0) is 34.7. The maximum atomic E-state index is 12.5. The molecule has 3 heterocycles. The van der Waals surface area contributed by atoms with Gasteiger partial charge in [0.2, 0.25) is 0 Å². The van der Waals surface area contributed by atoms with Crippen molar-refractivity contribution >= 4 is 0 Å². The van der Waals surface area contributed by atoms with Gasteiger partial charge in [-0.25, -0.2) is 0 Å². The number of aryl methyl sites for hydroxylation is 2. The van der Waals surface area contributed by atoms with Crippen molar-refractivity contribution in [3.8, 4) is 11.1 Å². The van der Waals surface area contributed by atoms with Gasteiger partial charge in [-0.3, -0.25) is 14.6 Å². The Labute approximate surface area is 292 Å². The number of pyridine rings is 1. The number of benzene rings is 2. The number of fused-ring (bicyclic) bond motifs is 1. The first-order valence-electron chi connectivity index (χ1n) is 19.1. The summed E-state index contributed by atoms with van der Waals surface area (Å²) in [5.74, 6) is 1.57. The number of hydrogen-bond donors (Lipinski definition) is 1. The molecule has 2 unspecified atom stereocenters. The second kappa shape index (κ2) is 15.4. The molecule has 3 fully saturated rings. The lowest BCUT2D eigenvalue weighted by atomic mass is 9.86. The summed E-state index contributed by atoms with van der Waals surface area (Å²) in [5, 5.41) is 3.64. The molecule has 5 nitrogen and oxygen atoms in total. The number of piperazine rings is 1. The Morgan fingerprint density at radius 1 is 0.979 bits per heavy atom. The van der Waals surface area contributed by atoms with E-state index < -0.39 is 0 Å². The lowest BCUT2D eigenvalue weighted by molar-refractivity contribution is 0.0487.